The molecule has 0 aromatic heterocycles. The molecule has 1 aliphatic heterocycles. The van der Waals surface area contributed by atoms with Crippen molar-refractivity contribution in [3.05, 3.63) is 0 Å². The second-order valence-corrected chi connectivity index (χ2v) is 4.56. The van der Waals surface area contributed by atoms with Crippen LogP contribution in [0.15, 0.2) is 5.10 Å². The Bertz CT molecular complexity index is 462. The van der Waals surface area contributed by atoms with E-state index in [1.807, 2.05) is 0 Å². The van der Waals surface area contributed by atoms with E-state index in [4.69, 9.17) is 18.9 Å². The Hall–Kier alpha value is -2.03. The van der Waals surface area contributed by atoms with Crippen molar-refractivity contribution < 1.29 is 33.3 Å². The largest absolute Gasteiger partial charge is 0.456 e. The van der Waals surface area contributed by atoms with E-state index in [9.17, 15) is 14.4 Å². The van der Waals surface area contributed by atoms with E-state index < -0.39 is 42.4 Å². The molecule has 22 heavy (non-hydrogen) atoms. The van der Waals surface area contributed by atoms with Crippen molar-refractivity contribution in [2.75, 3.05) is 6.61 Å². The zero-order valence-electron chi connectivity index (χ0n) is 12.2. The number of carbonyl (C=O) groups excluding carboxylic acids is 3. The van der Waals surface area contributed by atoms with E-state index in [0.29, 0.717) is 0 Å². The fourth-order valence-corrected chi connectivity index (χ4v) is 1.99. The van der Waals surface area contributed by atoms with Gasteiger partial charge in [0.15, 0.2) is 24.5 Å². The first-order valence-corrected chi connectivity index (χ1v) is 6.71. The standard InChI is InChI=1S/C12H16N2O7S/c1-6(15)19-9-4-18-12(14-13-5-22)11(21-8(3)17)10(9)20-7(2)16/h9-12,14H,4H2,1-3H3/t9-,10?,11+,12+/m1/s1. The average molecular weight is 332 g/mol. The van der Waals surface area contributed by atoms with Gasteiger partial charge in [0.1, 0.15) is 0 Å². The van der Waals surface area contributed by atoms with Crippen LogP contribution >= 0.6 is 12.2 Å². The SMILES string of the molecule is CC(=O)OC1[C@H](OC(C)=O)CO[C@H](NN=C=S)[C@H]1OC(C)=O. The molecular formula is C12H16N2O7S. The summed E-state index contributed by atoms with van der Waals surface area (Å²) >= 11 is 4.43. The summed E-state index contributed by atoms with van der Waals surface area (Å²) in [6, 6.07) is 0. The van der Waals surface area contributed by atoms with E-state index in [0.717, 1.165) is 0 Å². The molecule has 122 valence electrons. The Morgan fingerprint density at radius 2 is 1.64 bits per heavy atom. The van der Waals surface area contributed by atoms with Gasteiger partial charge in [0.05, 0.1) is 11.8 Å². The molecule has 0 bridgehead atoms. The molecule has 1 fully saturated rings. The van der Waals surface area contributed by atoms with Gasteiger partial charge in [-0.15, -0.1) is 5.10 Å². The summed E-state index contributed by atoms with van der Waals surface area (Å²) in [6.07, 6.45) is -3.97. The number of nitrogens with one attached hydrogen (secondary N) is 1. The smallest absolute Gasteiger partial charge is 0.303 e. The molecule has 0 aliphatic carbocycles. The molecule has 0 aromatic carbocycles. The van der Waals surface area contributed by atoms with Crippen LogP contribution in [-0.4, -0.2) is 54.2 Å². The van der Waals surface area contributed by atoms with Gasteiger partial charge in [0, 0.05) is 20.8 Å². The van der Waals surface area contributed by atoms with Crippen molar-refractivity contribution in [3.63, 3.8) is 0 Å². The molecule has 1 N–H and O–H groups in total. The first-order chi connectivity index (χ1) is 10.3. The summed E-state index contributed by atoms with van der Waals surface area (Å²) in [5.41, 5.74) is 2.48. The van der Waals surface area contributed by atoms with Crippen LogP contribution in [0.3, 0.4) is 0 Å². The summed E-state index contributed by atoms with van der Waals surface area (Å²) in [7, 11) is 0. The number of hydrogen-bond donors (Lipinski definition) is 1. The predicted molar refractivity (Wildman–Crippen MR) is 74.6 cm³/mol. The average Bonchev–Trinajstić information content (AvgIpc) is 2.40. The molecule has 1 unspecified atom stereocenters. The van der Waals surface area contributed by atoms with Crippen LogP contribution in [0.5, 0.6) is 0 Å². The predicted octanol–water partition coefficient (Wildman–Crippen LogP) is -0.255. The summed E-state index contributed by atoms with van der Waals surface area (Å²) in [4.78, 5) is 33.7. The van der Waals surface area contributed by atoms with E-state index >= 15 is 0 Å². The monoisotopic (exact) mass is 332 g/mol. The lowest BCUT2D eigenvalue weighted by Crippen LogP contribution is -2.60. The number of ether oxygens (including phenoxy) is 4. The van der Waals surface area contributed by atoms with Crippen molar-refractivity contribution in [1.29, 1.82) is 0 Å². The fourth-order valence-electron chi connectivity index (χ4n) is 1.94. The molecule has 0 aromatic rings. The van der Waals surface area contributed by atoms with Crippen LogP contribution < -0.4 is 5.43 Å². The van der Waals surface area contributed by atoms with Crippen molar-refractivity contribution in [1.82, 2.24) is 5.43 Å². The Labute approximate surface area is 131 Å². The van der Waals surface area contributed by atoms with E-state index in [2.05, 4.69) is 27.9 Å². The highest BCUT2D eigenvalue weighted by Crippen LogP contribution is 2.23. The van der Waals surface area contributed by atoms with Crippen LogP contribution in [0.25, 0.3) is 0 Å². The summed E-state index contributed by atoms with van der Waals surface area (Å²) in [5.74, 6) is -1.85. The molecule has 9 nitrogen and oxygen atoms in total. The highest BCUT2D eigenvalue weighted by atomic mass is 32.1. The maximum atomic E-state index is 11.3. The van der Waals surface area contributed by atoms with Crippen molar-refractivity contribution >= 4 is 35.3 Å². The molecule has 0 radical (unpaired) electrons. The van der Waals surface area contributed by atoms with Gasteiger partial charge < -0.3 is 18.9 Å². The van der Waals surface area contributed by atoms with Crippen LogP contribution in [0, 0.1) is 0 Å². The van der Waals surface area contributed by atoms with E-state index in [1.54, 1.807) is 0 Å². The maximum Gasteiger partial charge on any atom is 0.303 e. The first-order valence-electron chi connectivity index (χ1n) is 6.30. The Morgan fingerprint density at radius 1 is 1.09 bits per heavy atom. The zero-order chi connectivity index (χ0) is 16.7. The maximum absolute atomic E-state index is 11.3. The Morgan fingerprint density at radius 3 is 2.14 bits per heavy atom. The number of hydrazone groups is 1. The zero-order valence-corrected chi connectivity index (χ0v) is 13.0. The quantitative estimate of drug-likeness (QED) is 0.239. The van der Waals surface area contributed by atoms with Gasteiger partial charge >= 0.3 is 17.9 Å². The van der Waals surface area contributed by atoms with Gasteiger partial charge in [0.25, 0.3) is 0 Å². The van der Waals surface area contributed by atoms with Crippen molar-refractivity contribution in [2.45, 2.75) is 45.3 Å². The number of carbonyl (C=O) groups is 3. The Kier molecular flexibility index (Phi) is 6.90. The number of nitrogens with zero attached hydrogens (tertiary/aromatic N) is 1. The number of thiocarbonyl (C=S) groups is 1. The third-order valence-electron chi connectivity index (χ3n) is 2.59. The van der Waals surface area contributed by atoms with Gasteiger partial charge in [0.2, 0.25) is 0 Å². The number of isothiocyanates is 1. The van der Waals surface area contributed by atoms with Gasteiger partial charge in [-0.2, -0.15) is 0 Å². The minimum absolute atomic E-state index is 0.0834. The van der Waals surface area contributed by atoms with Gasteiger partial charge in [-0.1, -0.05) is 0 Å². The molecule has 1 heterocycles. The van der Waals surface area contributed by atoms with Crippen molar-refractivity contribution in [2.24, 2.45) is 5.10 Å². The first kappa shape index (κ1) is 18.0. The van der Waals surface area contributed by atoms with Gasteiger partial charge in [-0.25, -0.2) is 0 Å². The lowest BCUT2D eigenvalue weighted by Gasteiger charge is -2.39. The number of hydrogen-bond acceptors (Lipinski definition) is 10. The van der Waals surface area contributed by atoms with E-state index in [1.165, 1.54) is 20.8 Å². The van der Waals surface area contributed by atoms with E-state index in [-0.39, 0.29) is 6.61 Å². The number of rotatable bonds is 5. The molecule has 0 spiro atoms. The van der Waals surface area contributed by atoms with Gasteiger partial charge in [-0.05, 0) is 12.2 Å². The number of esters is 3. The normalized spacial score (nSPS) is 27.0. The summed E-state index contributed by atoms with van der Waals surface area (Å²) in [6.45, 7) is 3.48. The third-order valence-corrected chi connectivity index (χ3v) is 2.68. The molecule has 10 heteroatoms. The lowest BCUT2D eigenvalue weighted by molar-refractivity contribution is -0.230. The molecule has 4 atom stereocenters. The lowest BCUT2D eigenvalue weighted by atomic mass is 10.0. The molecule has 1 saturated heterocycles. The highest BCUT2D eigenvalue weighted by molar-refractivity contribution is 7.78. The van der Waals surface area contributed by atoms with Gasteiger partial charge in [-0.3, -0.25) is 19.8 Å². The third kappa shape index (κ3) is 5.40. The van der Waals surface area contributed by atoms with Crippen LogP contribution in [-0.2, 0) is 33.3 Å². The summed E-state index contributed by atoms with van der Waals surface area (Å²) < 4.78 is 20.7. The fraction of sp³-hybridized carbons (Fsp3) is 0.667. The van der Waals surface area contributed by atoms with Crippen LogP contribution in [0.4, 0.5) is 0 Å². The molecule has 1 aliphatic rings. The minimum atomic E-state index is -1.08. The second-order valence-electron chi connectivity index (χ2n) is 4.38. The molecule has 0 amide bonds. The van der Waals surface area contributed by atoms with Crippen LogP contribution in [0.1, 0.15) is 20.8 Å². The van der Waals surface area contributed by atoms with Crippen LogP contribution in [0.2, 0.25) is 0 Å². The Balaban J connectivity index is 3.03. The molecule has 1 rings (SSSR count). The topological polar surface area (TPSA) is 113 Å². The second kappa shape index (κ2) is 8.42. The van der Waals surface area contributed by atoms with Crippen molar-refractivity contribution in [3.8, 4) is 0 Å². The highest BCUT2D eigenvalue weighted by Gasteiger charge is 2.47. The summed E-state index contributed by atoms with van der Waals surface area (Å²) in [5, 5.41) is 5.57. The molecular weight excluding hydrogens is 316 g/mol. The molecule has 0 saturated carbocycles. The minimum Gasteiger partial charge on any atom is -0.456 e.